The summed E-state index contributed by atoms with van der Waals surface area (Å²) in [6, 6.07) is 16.3. The number of imidazole rings is 1. The lowest BCUT2D eigenvalue weighted by Crippen LogP contribution is -2.10. The van der Waals surface area contributed by atoms with E-state index in [1.54, 1.807) is 6.07 Å². The minimum Gasteiger partial charge on any atom is -0.321 e. The van der Waals surface area contributed by atoms with Crippen molar-refractivity contribution in [1.29, 1.82) is 5.26 Å². The molecule has 2 aromatic carbocycles. The zero-order chi connectivity index (χ0) is 18.8. The van der Waals surface area contributed by atoms with Crippen LogP contribution in [0.3, 0.4) is 0 Å². The Morgan fingerprint density at radius 2 is 1.85 bits per heavy atom. The first-order valence-corrected chi connectivity index (χ1v) is 8.85. The lowest BCUT2D eigenvalue weighted by molar-refractivity contribution is 0.623. The highest BCUT2D eigenvalue weighted by molar-refractivity contribution is 5.92. The Kier molecular flexibility index (Phi) is 4.35. The number of hydrogen-bond donors (Lipinski definition) is 0. The fraction of sp³-hybridized carbons (Fsp3) is 0.190. The summed E-state index contributed by atoms with van der Waals surface area (Å²) in [5.41, 5.74) is 4.22. The Morgan fingerprint density at radius 3 is 2.52 bits per heavy atom. The Hall–Kier alpha value is -3.59. The van der Waals surface area contributed by atoms with E-state index in [-0.39, 0.29) is 6.04 Å². The van der Waals surface area contributed by atoms with Crippen LogP contribution in [0.25, 0.3) is 22.4 Å². The van der Waals surface area contributed by atoms with E-state index in [1.807, 2.05) is 24.3 Å². The molecule has 0 spiro atoms. The van der Waals surface area contributed by atoms with E-state index in [9.17, 15) is 5.26 Å². The van der Waals surface area contributed by atoms with Crippen LogP contribution in [0.2, 0.25) is 0 Å². The molecule has 132 valence electrons. The van der Waals surface area contributed by atoms with Crippen LogP contribution in [-0.4, -0.2) is 24.5 Å². The van der Waals surface area contributed by atoms with Crippen LogP contribution in [-0.2, 0) is 6.42 Å². The second-order valence-corrected chi connectivity index (χ2v) is 6.30. The number of nitrogens with zero attached hydrogens (tertiary/aromatic N) is 6. The van der Waals surface area contributed by atoms with Gasteiger partial charge in [-0.15, -0.1) is 0 Å². The van der Waals surface area contributed by atoms with Gasteiger partial charge in [0.25, 0.3) is 0 Å². The van der Waals surface area contributed by atoms with Crippen molar-refractivity contribution >= 4 is 11.0 Å². The molecule has 0 N–H and O–H groups in total. The van der Waals surface area contributed by atoms with E-state index in [0.717, 1.165) is 28.8 Å². The van der Waals surface area contributed by atoms with Gasteiger partial charge in [-0.2, -0.15) is 5.26 Å². The Morgan fingerprint density at radius 1 is 1.11 bits per heavy atom. The van der Waals surface area contributed by atoms with Gasteiger partial charge in [-0.25, -0.2) is 19.9 Å². The standard InChI is InChI=1S/C21H18N6/c1-3-19-26-20-17(21-24-12-23-13-25-21)9-15(11-22)10-18(20)27(19)14(2)16-7-5-4-6-8-16/h4-10,12-14H,3H2,1-2H3/t14-/m0/s1. The number of hydrogen-bond acceptors (Lipinski definition) is 5. The van der Waals surface area contributed by atoms with Crippen LogP contribution >= 0.6 is 0 Å². The molecule has 0 saturated heterocycles. The second-order valence-electron chi connectivity index (χ2n) is 6.30. The number of aryl methyl sites for hydroxylation is 1. The molecule has 0 fully saturated rings. The van der Waals surface area contributed by atoms with Crippen molar-refractivity contribution in [1.82, 2.24) is 24.5 Å². The average Bonchev–Trinajstić information content (AvgIpc) is 3.12. The molecule has 6 nitrogen and oxygen atoms in total. The smallest absolute Gasteiger partial charge is 0.164 e. The van der Waals surface area contributed by atoms with E-state index in [1.165, 1.54) is 18.2 Å². The van der Waals surface area contributed by atoms with Crippen molar-refractivity contribution in [2.75, 3.05) is 0 Å². The topological polar surface area (TPSA) is 80.3 Å². The van der Waals surface area contributed by atoms with Gasteiger partial charge >= 0.3 is 0 Å². The van der Waals surface area contributed by atoms with Crippen molar-refractivity contribution in [3.63, 3.8) is 0 Å². The van der Waals surface area contributed by atoms with Gasteiger partial charge in [-0.1, -0.05) is 37.3 Å². The maximum absolute atomic E-state index is 9.55. The number of rotatable bonds is 4. The van der Waals surface area contributed by atoms with Gasteiger partial charge in [0.15, 0.2) is 5.82 Å². The predicted molar refractivity (Wildman–Crippen MR) is 103 cm³/mol. The maximum atomic E-state index is 9.55. The molecule has 4 aromatic rings. The molecule has 0 unspecified atom stereocenters. The molecule has 4 rings (SSSR count). The first-order chi connectivity index (χ1) is 13.2. The van der Waals surface area contributed by atoms with E-state index >= 15 is 0 Å². The monoisotopic (exact) mass is 354 g/mol. The molecule has 1 atom stereocenters. The first kappa shape index (κ1) is 16.9. The van der Waals surface area contributed by atoms with Gasteiger partial charge in [0.05, 0.1) is 28.7 Å². The zero-order valence-corrected chi connectivity index (χ0v) is 15.2. The van der Waals surface area contributed by atoms with E-state index in [4.69, 9.17) is 4.98 Å². The van der Waals surface area contributed by atoms with Gasteiger partial charge in [-0.05, 0) is 24.6 Å². The van der Waals surface area contributed by atoms with Crippen molar-refractivity contribution in [2.24, 2.45) is 0 Å². The SMILES string of the molecule is CCc1nc2c(-c3ncncn3)cc(C#N)cc2n1[C@@H](C)c1ccccc1. The fourth-order valence-electron chi connectivity index (χ4n) is 3.42. The third kappa shape index (κ3) is 2.93. The number of benzene rings is 2. The summed E-state index contributed by atoms with van der Waals surface area (Å²) in [6.07, 6.45) is 3.69. The molecule has 27 heavy (non-hydrogen) atoms. The predicted octanol–water partition coefficient (Wildman–Crippen LogP) is 3.93. The number of fused-ring (bicyclic) bond motifs is 1. The Balaban J connectivity index is 2.02. The van der Waals surface area contributed by atoms with Gasteiger partial charge < -0.3 is 4.57 Å². The molecule has 0 amide bonds. The molecular formula is C21H18N6. The highest BCUT2D eigenvalue weighted by atomic mass is 15.1. The second kappa shape index (κ2) is 6.96. The van der Waals surface area contributed by atoms with Crippen LogP contribution in [0.15, 0.2) is 55.1 Å². The fourth-order valence-corrected chi connectivity index (χ4v) is 3.42. The molecule has 2 heterocycles. The van der Waals surface area contributed by atoms with E-state index in [0.29, 0.717) is 11.4 Å². The molecule has 0 saturated carbocycles. The van der Waals surface area contributed by atoms with E-state index < -0.39 is 0 Å². The minimum absolute atomic E-state index is 0.0892. The first-order valence-electron chi connectivity index (χ1n) is 8.85. The largest absolute Gasteiger partial charge is 0.321 e. The van der Waals surface area contributed by atoms with Gasteiger partial charge in [0.2, 0.25) is 0 Å². The van der Waals surface area contributed by atoms with Crippen molar-refractivity contribution in [2.45, 2.75) is 26.3 Å². The summed E-state index contributed by atoms with van der Waals surface area (Å²) < 4.78 is 2.20. The van der Waals surface area contributed by atoms with Crippen molar-refractivity contribution in [3.05, 3.63) is 72.1 Å². The van der Waals surface area contributed by atoms with Crippen LogP contribution < -0.4 is 0 Å². The molecule has 0 aliphatic carbocycles. The number of aromatic nitrogens is 5. The van der Waals surface area contributed by atoms with Gasteiger partial charge in [0.1, 0.15) is 18.5 Å². The molecule has 0 aliphatic rings. The molecule has 0 radical (unpaired) electrons. The molecule has 0 aliphatic heterocycles. The highest BCUT2D eigenvalue weighted by Crippen LogP contribution is 2.32. The number of nitriles is 1. The van der Waals surface area contributed by atoms with Gasteiger partial charge in [0, 0.05) is 12.0 Å². The normalized spacial score (nSPS) is 12.0. The molecule has 0 bridgehead atoms. The third-order valence-electron chi connectivity index (χ3n) is 4.72. The van der Waals surface area contributed by atoms with Crippen LogP contribution in [0.1, 0.15) is 36.8 Å². The Bertz CT molecular complexity index is 1130. The minimum atomic E-state index is 0.0892. The Labute approximate surface area is 157 Å². The van der Waals surface area contributed by atoms with Crippen LogP contribution in [0.4, 0.5) is 0 Å². The van der Waals surface area contributed by atoms with Crippen LogP contribution in [0.5, 0.6) is 0 Å². The summed E-state index contributed by atoms with van der Waals surface area (Å²) in [4.78, 5) is 17.3. The highest BCUT2D eigenvalue weighted by Gasteiger charge is 2.20. The summed E-state index contributed by atoms with van der Waals surface area (Å²) >= 11 is 0. The molecule has 6 heteroatoms. The summed E-state index contributed by atoms with van der Waals surface area (Å²) in [6.45, 7) is 4.24. The molecule has 2 aromatic heterocycles. The van der Waals surface area contributed by atoms with Crippen molar-refractivity contribution < 1.29 is 0 Å². The van der Waals surface area contributed by atoms with Crippen LogP contribution in [0, 0.1) is 11.3 Å². The lowest BCUT2D eigenvalue weighted by Gasteiger charge is -2.18. The lowest BCUT2D eigenvalue weighted by atomic mass is 10.1. The maximum Gasteiger partial charge on any atom is 0.164 e. The third-order valence-corrected chi connectivity index (χ3v) is 4.72. The average molecular weight is 354 g/mol. The summed E-state index contributed by atoms with van der Waals surface area (Å²) in [5.74, 6) is 1.48. The quantitative estimate of drug-likeness (QED) is 0.555. The molecular weight excluding hydrogens is 336 g/mol. The summed E-state index contributed by atoms with van der Waals surface area (Å²) in [7, 11) is 0. The van der Waals surface area contributed by atoms with Crippen molar-refractivity contribution in [3.8, 4) is 17.5 Å². The van der Waals surface area contributed by atoms with E-state index in [2.05, 4.69) is 51.6 Å². The summed E-state index contributed by atoms with van der Waals surface area (Å²) in [5, 5.41) is 9.55. The van der Waals surface area contributed by atoms with Gasteiger partial charge in [-0.3, -0.25) is 0 Å². The zero-order valence-electron chi connectivity index (χ0n) is 15.2.